The second-order valence-corrected chi connectivity index (χ2v) is 7.43. The van der Waals surface area contributed by atoms with E-state index in [0.29, 0.717) is 29.6 Å². The van der Waals surface area contributed by atoms with Crippen LogP contribution < -0.4 is 0 Å². The van der Waals surface area contributed by atoms with E-state index in [2.05, 4.69) is 20.1 Å². The lowest BCUT2D eigenvalue weighted by Gasteiger charge is -2.33. The van der Waals surface area contributed by atoms with E-state index in [4.69, 9.17) is 4.74 Å². The van der Waals surface area contributed by atoms with Gasteiger partial charge in [0.1, 0.15) is 24.3 Å². The Bertz CT molecular complexity index is 1130. The predicted octanol–water partition coefficient (Wildman–Crippen LogP) is 2.97. The van der Waals surface area contributed by atoms with Gasteiger partial charge in [0.2, 0.25) is 5.91 Å². The summed E-state index contributed by atoms with van der Waals surface area (Å²) in [7, 11) is 0. The Labute approximate surface area is 182 Å². The van der Waals surface area contributed by atoms with E-state index in [1.807, 2.05) is 0 Å². The molecule has 0 aliphatic carbocycles. The van der Waals surface area contributed by atoms with Crippen molar-refractivity contribution in [2.24, 2.45) is 0 Å². The van der Waals surface area contributed by atoms with Gasteiger partial charge in [0.05, 0.1) is 30.1 Å². The first-order valence-corrected chi connectivity index (χ1v) is 9.98. The monoisotopic (exact) mass is 446 g/mol. The number of hydrogen-bond acceptors (Lipinski definition) is 6. The van der Waals surface area contributed by atoms with Crippen LogP contribution >= 0.6 is 0 Å². The minimum absolute atomic E-state index is 0.0420. The summed E-state index contributed by atoms with van der Waals surface area (Å²) in [6.45, 7) is 4.43. The first-order chi connectivity index (χ1) is 15.2. The van der Waals surface area contributed by atoms with E-state index in [0.717, 1.165) is 12.1 Å². The smallest absolute Gasteiger partial charge is 0.368 e. The molecule has 1 unspecified atom stereocenters. The summed E-state index contributed by atoms with van der Waals surface area (Å²) in [4.78, 5) is 27.3. The number of morpholine rings is 1. The van der Waals surface area contributed by atoms with Gasteiger partial charge in [-0.1, -0.05) is 12.1 Å². The number of alkyl halides is 3. The van der Waals surface area contributed by atoms with Crippen molar-refractivity contribution in [3.8, 4) is 11.3 Å². The molecule has 11 heteroatoms. The summed E-state index contributed by atoms with van der Waals surface area (Å²) in [5.74, 6) is 1.07. The minimum Gasteiger partial charge on any atom is -0.368 e. The Balaban J connectivity index is 1.57. The Hall–Kier alpha value is -3.34. The van der Waals surface area contributed by atoms with Crippen molar-refractivity contribution in [2.45, 2.75) is 32.7 Å². The van der Waals surface area contributed by atoms with Crippen LogP contribution in [0.5, 0.6) is 0 Å². The second-order valence-electron chi connectivity index (χ2n) is 7.43. The fraction of sp³-hybridized carbons (Fsp3) is 0.381. The number of carbonyl (C=O) groups is 1. The van der Waals surface area contributed by atoms with Crippen LogP contribution in [0.15, 0.2) is 36.7 Å². The zero-order valence-corrected chi connectivity index (χ0v) is 17.5. The maximum absolute atomic E-state index is 13.2. The quantitative estimate of drug-likeness (QED) is 0.613. The van der Waals surface area contributed by atoms with Crippen LogP contribution in [0, 0.1) is 13.8 Å². The Morgan fingerprint density at radius 2 is 2.00 bits per heavy atom. The average molecular weight is 446 g/mol. The first kappa shape index (κ1) is 21.9. The number of halogens is 3. The SMILES string of the molecule is Cc1nc(C)n(CC(=O)N2CCOC(c3nccnc3-c3cccc(C(F)(F)F)c3)C2)n1. The van der Waals surface area contributed by atoms with Crippen molar-refractivity contribution < 1.29 is 22.7 Å². The molecule has 4 rings (SSSR count). The third-order valence-electron chi connectivity index (χ3n) is 5.16. The van der Waals surface area contributed by atoms with Crippen LogP contribution in [0.4, 0.5) is 13.2 Å². The van der Waals surface area contributed by atoms with Crippen LogP contribution in [0.3, 0.4) is 0 Å². The Morgan fingerprint density at radius 3 is 2.72 bits per heavy atom. The third-order valence-corrected chi connectivity index (χ3v) is 5.16. The lowest BCUT2D eigenvalue weighted by molar-refractivity contribution is -0.140. The predicted molar refractivity (Wildman–Crippen MR) is 107 cm³/mol. The molecule has 1 atom stereocenters. The van der Waals surface area contributed by atoms with Crippen molar-refractivity contribution in [3.63, 3.8) is 0 Å². The summed E-state index contributed by atoms with van der Waals surface area (Å²) in [6.07, 6.45) is -2.22. The summed E-state index contributed by atoms with van der Waals surface area (Å²) in [6, 6.07) is 4.92. The molecule has 3 heterocycles. The summed E-state index contributed by atoms with van der Waals surface area (Å²) in [5, 5.41) is 4.22. The van der Waals surface area contributed by atoms with E-state index in [1.54, 1.807) is 29.5 Å². The number of rotatable bonds is 4. The molecular weight excluding hydrogens is 425 g/mol. The molecule has 3 aromatic rings. The summed E-state index contributed by atoms with van der Waals surface area (Å²) >= 11 is 0. The number of hydrogen-bond donors (Lipinski definition) is 0. The van der Waals surface area contributed by atoms with Gasteiger partial charge < -0.3 is 9.64 Å². The highest BCUT2D eigenvalue weighted by atomic mass is 19.4. The van der Waals surface area contributed by atoms with Crippen LogP contribution in [-0.2, 0) is 22.3 Å². The number of aryl methyl sites for hydroxylation is 2. The average Bonchev–Trinajstić information content (AvgIpc) is 3.09. The summed E-state index contributed by atoms with van der Waals surface area (Å²) < 4.78 is 46.9. The molecule has 1 aliphatic rings. The van der Waals surface area contributed by atoms with E-state index in [9.17, 15) is 18.0 Å². The molecule has 0 spiro atoms. The number of carbonyl (C=O) groups excluding carboxylic acids is 1. The number of aromatic nitrogens is 5. The van der Waals surface area contributed by atoms with Crippen molar-refractivity contribution in [1.29, 1.82) is 0 Å². The van der Waals surface area contributed by atoms with Crippen LogP contribution in [-0.4, -0.2) is 55.2 Å². The van der Waals surface area contributed by atoms with Crippen molar-refractivity contribution >= 4 is 5.91 Å². The van der Waals surface area contributed by atoms with Gasteiger partial charge in [-0.2, -0.15) is 18.3 Å². The highest BCUT2D eigenvalue weighted by Crippen LogP contribution is 2.34. The third kappa shape index (κ3) is 4.62. The topological polar surface area (TPSA) is 86.0 Å². The van der Waals surface area contributed by atoms with E-state index in [1.165, 1.54) is 18.5 Å². The fourth-order valence-corrected chi connectivity index (χ4v) is 3.63. The zero-order valence-electron chi connectivity index (χ0n) is 17.5. The zero-order chi connectivity index (χ0) is 22.9. The standard InChI is InChI=1S/C21H21F3N6O2/c1-13-27-14(2)30(28-13)12-18(31)29-8-9-32-17(11-29)20-19(25-6-7-26-20)15-4-3-5-16(10-15)21(22,23)24/h3-7,10,17H,8-9,11-12H2,1-2H3. The number of nitrogens with zero attached hydrogens (tertiary/aromatic N) is 6. The molecule has 1 saturated heterocycles. The van der Waals surface area contributed by atoms with E-state index < -0.39 is 17.8 Å². The maximum Gasteiger partial charge on any atom is 0.416 e. The molecule has 1 fully saturated rings. The summed E-state index contributed by atoms with van der Waals surface area (Å²) in [5.41, 5.74) is 0.188. The van der Waals surface area contributed by atoms with Gasteiger partial charge in [-0.3, -0.25) is 14.8 Å². The molecule has 168 valence electrons. The molecule has 2 aromatic heterocycles. The Kier molecular flexibility index (Phi) is 5.92. The molecule has 8 nitrogen and oxygen atoms in total. The first-order valence-electron chi connectivity index (χ1n) is 9.98. The van der Waals surface area contributed by atoms with Gasteiger partial charge in [0.25, 0.3) is 0 Å². The van der Waals surface area contributed by atoms with Crippen LogP contribution in [0.1, 0.15) is 29.0 Å². The molecule has 1 aliphatic heterocycles. The molecule has 1 amide bonds. The molecule has 32 heavy (non-hydrogen) atoms. The highest BCUT2D eigenvalue weighted by molar-refractivity contribution is 5.76. The normalized spacial score (nSPS) is 16.9. The van der Waals surface area contributed by atoms with E-state index in [-0.39, 0.29) is 31.2 Å². The van der Waals surface area contributed by atoms with Crippen molar-refractivity contribution in [3.05, 3.63) is 59.6 Å². The van der Waals surface area contributed by atoms with E-state index >= 15 is 0 Å². The lowest BCUT2D eigenvalue weighted by atomic mass is 10.0. The Morgan fingerprint density at radius 1 is 1.22 bits per heavy atom. The van der Waals surface area contributed by atoms with Gasteiger partial charge in [-0.15, -0.1) is 0 Å². The minimum atomic E-state index is -4.47. The van der Waals surface area contributed by atoms with Crippen molar-refractivity contribution in [2.75, 3.05) is 19.7 Å². The van der Waals surface area contributed by atoms with Gasteiger partial charge in [-0.05, 0) is 26.0 Å². The molecule has 0 N–H and O–H groups in total. The van der Waals surface area contributed by atoms with Gasteiger partial charge in [0.15, 0.2) is 0 Å². The van der Waals surface area contributed by atoms with Gasteiger partial charge in [-0.25, -0.2) is 9.67 Å². The van der Waals surface area contributed by atoms with Crippen molar-refractivity contribution in [1.82, 2.24) is 29.6 Å². The molecule has 0 radical (unpaired) electrons. The van der Waals surface area contributed by atoms with Gasteiger partial charge >= 0.3 is 6.18 Å². The second kappa shape index (κ2) is 8.65. The number of amides is 1. The highest BCUT2D eigenvalue weighted by Gasteiger charge is 2.32. The van der Waals surface area contributed by atoms with Crippen LogP contribution in [0.2, 0.25) is 0 Å². The van der Waals surface area contributed by atoms with Crippen LogP contribution in [0.25, 0.3) is 11.3 Å². The largest absolute Gasteiger partial charge is 0.416 e. The molecule has 1 aromatic carbocycles. The van der Waals surface area contributed by atoms with Gasteiger partial charge in [0, 0.05) is 24.5 Å². The fourth-order valence-electron chi connectivity index (χ4n) is 3.63. The maximum atomic E-state index is 13.2. The molecule has 0 saturated carbocycles. The number of benzene rings is 1. The molecular formula is C21H21F3N6O2. The lowest BCUT2D eigenvalue weighted by Crippen LogP contribution is -2.44. The molecule has 0 bridgehead atoms. The number of ether oxygens (including phenoxy) is 1.